The number of carbonyl (C=O) groups is 1. The molecule has 0 spiro atoms. The maximum atomic E-state index is 11.4. The van der Waals surface area contributed by atoms with Gasteiger partial charge in [0.15, 0.2) is 0 Å². The van der Waals surface area contributed by atoms with Crippen molar-refractivity contribution >= 4 is 11.6 Å². The maximum absolute atomic E-state index is 11.4. The summed E-state index contributed by atoms with van der Waals surface area (Å²) in [4.78, 5) is 23.6. The van der Waals surface area contributed by atoms with Gasteiger partial charge in [-0.25, -0.2) is 0 Å². The molecule has 1 unspecified atom stereocenters. The van der Waals surface area contributed by atoms with E-state index < -0.39 is 4.92 Å². The Morgan fingerprint density at radius 3 is 2.90 bits per heavy atom. The Morgan fingerprint density at radius 1 is 1.52 bits per heavy atom. The zero-order valence-corrected chi connectivity index (χ0v) is 12.2. The van der Waals surface area contributed by atoms with Crippen LogP contribution in [0.25, 0.3) is 0 Å². The highest BCUT2D eigenvalue weighted by molar-refractivity contribution is 5.76. The number of hydrogen-bond donors (Lipinski definition) is 1. The highest BCUT2D eigenvalue weighted by Crippen LogP contribution is 2.24. The molecule has 114 valence electrons. The Kier molecular flexibility index (Phi) is 4.74. The number of nitro benzene ring substituents is 1. The molecule has 7 heteroatoms. The Labute approximate surface area is 123 Å². The van der Waals surface area contributed by atoms with Gasteiger partial charge in [-0.2, -0.15) is 0 Å². The lowest BCUT2D eigenvalue weighted by atomic mass is 10.0. The number of likely N-dealkylation sites (tertiary alicyclic amines) is 1. The van der Waals surface area contributed by atoms with E-state index in [4.69, 9.17) is 4.74 Å². The summed E-state index contributed by atoms with van der Waals surface area (Å²) in [6, 6.07) is 4.74. The van der Waals surface area contributed by atoms with Gasteiger partial charge in [0.1, 0.15) is 5.75 Å². The van der Waals surface area contributed by atoms with Crippen molar-refractivity contribution in [3.05, 3.63) is 33.9 Å². The van der Waals surface area contributed by atoms with Crippen molar-refractivity contribution in [2.75, 3.05) is 20.7 Å². The van der Waals surface area contributed by atoms with Gasteiger partial charge in [0.25, 0.3) is 5.69 Å². The van der Waals surface area contributed by atoms with Gasteiger partial charge in [-0.05, 0) is 12.5 Å². The zero-order valence-electron chi connectivity index (χ0n) is 12.2. The van der Waals surface area contributed by atoms with E-state index in [1.165, 1.54) is 19.2 Å². The molecular formula is C14H19N3O4. The van der Waals surface area contributed by atoms with Gasteiger partial charge in [-0.1, -0.05) is 0 Å². The number of benzene rings is 1. The summed E-state index contributed by atoms with van der Waals surface area (Å²) in [6.45, 7) is 1.12. The molecule has 1 aromatic rings. The highest BCUT2D eigenvalue weighted by Gasteiger charge is 2.22. The molecule has 0 bridgehead atoms. The molecule has 0 radical (unpaired) electrons. The van der Waals surface area contributed by atoms with E-state index in [-0.39, 0.29) is 17.6 Å². The van der Waals surface area contributed by atoms with Crippen LogP contribution in [0.2, 0.25) is 0 Å². The number of hydrogen-bond acceptors (Lipinski definition) is 5. The summed E-state index contributed by atoms with van der Waals surface area (Å²) < 4.78 is 5.23. The van der Waals surface area contributed by atoms with Gasteiger partial charge in [0.05, 0.1) is 12.0 Å². The number of carbonyl (C=O) groups excluding carboxylic acids is 1. The summed E-state index contributed by atoms with van der Waals surface area (Å²) in [5, 5.41) is 14.2. The maximum Gasteiger partial charge on any atom is 0.270 e. The smallest absolute Gasteiger partial charge is 0.270 e. The molecule has 1 aliphatic heterocycles. The third kappa shape index (κ3) is 3.69. The number of nitro groups is 1. The summed E-state index contributed by atoms with van der Waals surface area (Å²) in [5.41, 5.74) is 0.787. The van der Waals surface area contributed by atoms with Gasteiger partial charge >= 0.3 is 0 Å². The van der Waals surface area contributed by atoms with Crippen LogP contribution in [0.4, 0.5) is 5.69 Å². The third-order valence-electron chi connectivity index (χ3n) is 3.68. The normalized spacial score (nSPS) is 18.7. The minimum atomic E-state index is -0.421. The quantitative estimate of drug-likeness (QED) is 0.653. The van der Waals surface area contributed by atoms with Crippen LogP contribution in [0.15, 0.2) is 18.2 Å². The highest BCUT2D eigenvalue weighted by atomic mass is 16.6. The van der Waals surface area contributed by atoms with E-state index in [1.54, 1.807) is 18.0 Å². The van der Waals surface area contributed by atoms with Gasteiger partial charge < -0.3 is 15.0 Å². The number of piperidine rings is 1. The molecule has 1 N–H and O–H groups in total. The number of likely N-dealkylation sites (N-methyl/N-ethyl adjacent to an activating group) is 1. The van der Waals surface area contributed by atoms with Crippen molar-refractivity contribution in [3.63, 3.8) is 0 Å². The fourth-order valence-electron chi connectivity index (χ4n) is 2.45. The molecule has 7 nitrogen and oxygen atoms in total. The van der Waals surface area contributed by atoms with Crippen molar-refractivity contribution in [1.82, 2.24) is 10.2 Å². The lowest BCUT2D eigenvalue weighted by Crippen LogP contribution is -2.46. The SMILES string of the molecule is COc1ccc([N+](=O)[O-])cc1CNC1CCC(=O)N(C)C1. The first-order valence-electron chi connectivity index (χ1n) is 6.80. The number of non-ortho nitro benzene ring substituents is 1. The van der Waals surface area contributed by atoms with Crippen molar-refractivity contribution in [2.24, 2.45) is 0 Å². The number of amides is 1. The predicted octanol–water partition coefficient (Wildman–Crippen LogP) is 1.31. The Morgan fingerprint density at radius 2 is 2.29 bits per heavy atom. The number of ether oxygens (including phenoxy) is 1. The molecule has 1 fully saturated rings. The first kappa shape index (κ1) is 15.2. The molecule has 0 aliphatic carbocycles. The van der Waals surface area contributed by atoms with Gasteiger partial charge in [0, 0.05) is 50.3 Å². The minimum absolute atomic E-state index is 0.0449. The van der Waals surface area contributed by atoms with Crippen LogP contribution in [0.5, 0.6) is 5.75 Å². The topological polar surface area (TPSA) is 84.7 Å². The summed E-state index contributed by atoms with van der Waals surface area (Å²) >= 11 is 0. The average Bonchev–Trinajstić information content (AvgIpc) is 2.48. The molecule has 21 heavy (non-hydrogen) atoms. The van der Waals surface area contributed by atoms with Crippen LogP contribution in [0, 0.1) is 10.1 Å². The Bertz CT molecular complexity index is 547. The van der Waals surface area contributed by atoms with Crippen LogP contribution in [0.3, 0.4) is 0 Å². The van der Waals surface area contributed by atoms with E-state index in [2.05, 4.69) is 5.32 Å². The second-order valence-corrected chi connectivity index (χ2v) is 5.14. The molecular weight excluding hydrogens is 274 g/mol. The van der Waals surface area contributed by atoms with Crippen molar-refractivity contribution in [2.45, 2.75) is 25.4 Å². The summed E-state index contributed by atoms with van der Waals surface area (Å²) in [6.07, 6.45) is 1.31. The molecule has 1 aromatic carbocycles. The van der Waals surface area contributed by atoms with Crippen LogP contribution in [0.1, 0.15) is 18.4 Å². The Hall–Kier alpha value is -2.15. The van der Waals surface area contributed by atoms with Gasteiger partial charge in [0.2, 0.25) is 5.91 Å². The van der Waals surface area contributed by atoms with Crippen LogP contribution >= 0.6 is 0 Å². The van der Waals surface area contributed by atoms with Crippen molar-refractivity contribution < 1.29 is 14.5 Å². The van der Waals surface area contributed by atoms with E-state index >= 15 is 0 Å². The predicted molar refractivity (Wildman–Crippen MR) is 77.1 cm³/mol. The number of methoxy groups -OCH3 is 1. The van der Waals surface area contributed by atoms with Crippen LogP contribution < -0.4 is 10.1 Å². The van der Waals surface area contributed by atoms with Crippen LogP contribution in [-0.4, -0.2) is 42.5 Å². The van der Waals surface area contributed by atoms with Crippen molar-refractivity contribution in [3.8, 4) is 5.75 Å². The fraction of sp³-hybridized carbons (Fsp3) is 0.500. The monoisotopic (exact) mass is 293 g/mol. The largest absolute Gasteiger partial charge is 0.496 e. The van der Waals surface area contributed by atoms with E-state index in [0.717, 1.165) is 12.0 Å². The third-order valence-corrected chi connectivity index (χ3v) is 3.68. The molecule has 1 saturated heterocycles. The molecule has 1 amide bonds. The lowest BCUT2D eigenvalue weighted by Gasteiger charge is -2.30. The first-order chi connectivity index (χ1) is 10.0. The fourth-order valence-corrected chi connectivity index (χ4v) is 2.45. The van der Waals surface area contributed by atoms with Gasteiger partial charge in [-0.3, -0.25) is 14.9 Å². The average molecular weight is 293 g/mol. The van der Waals surface area contributed by atoms with E-state index in [1.807, 2.05) is 0 Å². The van der Waals surface area contributed by atoms with E-state index in [9.17, 15) is 14.9 Å². The standard InChI is InChI=1S/C14H19N3O4/c1-16-9-11(3-6-14(16)18)15-8-10-7-12(17(19)20)4-5-13(10)21-2/h4-5,7,11,15H,3,6,8-9H2,1-2H3. The second-order valence-electron chi connectivity index (χ2n) is 5.14. The summed E-state index contributed by atoms with van der Waals surface area (Å²) in [7, 11) is 3.32. The van der Waals surface area contributed by atoms with Crippen molar-refractivity contribution in [1.29, 1.82) is 0 Å². The Balaban J connectivity index is 2.03. The summed E-state index contributed by atoms with van der Waals surface area (Å²) in [5.74, 6) is 0.773. The minimum Gasteiger partial charge on any atom is -0.496 e. The number of nitrogens with zero attached hydrogens (tertiary/aromatic N) is 2. The number of nitrogens with one attached hydrogen (secondary N) is 1. The molecule has 0 aromatic heterocycles. The van der Waals surface area contributed by atoms with Gasteiger partial charge in [-0.15, -0.1) is 0 Å². The molecule has 1 atom stereocenters. The second kappa shape index (κ2) is 6.53. The zero-order chi connectivity index (χ0) is 15.4. The molecule has 0 saturated carbocycles. The molecule has 1 aliphatic rings. The number of rotatable bonds is 5. The van der Waals surface area contributed by atoms with E-state index in [0.29, 0.717) is 25.3 Å². The van der Waals surface area contributed by atoms with Crippen LogP contribution in [-0.2, 0) is 11.3 Å². The molecule has 2 rings (SSSR count). The molecule has 1 heterocycles. The lowest BCUT2D eigenvalue weighted by molar-refractivity contribution is -0.384. The first-order valence-corrected chi connectivity index (χ1v) is 6.80.